The van der Waals surface area contributed by atoms with E-state index in [1.807, 2.05) is 18.2 Å². The van der Waals surface area contributed by atoms with E-state index >= 15 is 0 Å². The van der Waals surface area contributed by atoms with Crippen molar-refractivity contribution < 1.29 is 27.9 Å². The molecule has 31 heavy (non-hydrogen) atoms. The molecule has 0 saturated carbocycles. The zero-order chi connectivity index (χ0) is 23.0. The molecule has 0 aromatic heterocycles. The largest absolute Gasteiger partial charge is 0.478 e. The van der Waals surface area contributed by atoms with Crippen LogP contribution in [-0.4, -0.2) is 37.9 Å². The number of ether oxygens (including phenoxy) is 1. The number of carbonyl (C=O) groups excluding carboxylic acids is 1. The highest BCUT2D eigenvalue weighted by atomic mass is 32.2. The van der Waals surface area contributed by atoms with Gasteiger partial charge in [-0.2, -0.15) is 0 Å². The molecule has 2 N–H and O–H groups in total. The average molecular weight is 447 g/mol. The van der Waals surface area contributed by atoms with Gasteiger partial charge in [0.1, 0.15) is 6.61 Å². The number of amides is 1. The molecule has 0 atom stereocenters. The number of nitrogens with zero attached hydrogens (tertiary/aromatic N) is 1. The van der Waals surface area contributed by atoms with Gasteiger partial charge in [0.15, 0.2) is 0 Å². The first kappa shape index (κ1) is 23.9. The van der Waals surface area contributed by atoms with E-state index in [1.54, 1.807) is 26.0 Å². The van der Waals surface area contributed by atoms with Crippen molar-refractivity contribution in [2.75, 3.05) is 21.9 Å². The Balaban J connectivity index is 2.50. The van der Waals surface area contributed by atoms with Crippen LogP contribution in [0.15, 0.2) is 55.1 Å². The first-order valence-electron chi connectivity index (χ1n) is 9.66. The van der Waals surface area contributed by atoms with Gasteiger partial charge < -0.3 is 9.84 Å². The van der Waals surface area contributed by atoms with Crippen LogP contribution in [0, 0.1) is 6.92 Å². The van der Waals surface area contributed by atoms with Gasteiger partial charge in [-0.3, -0.25) is 9.62 Å². The molecule has 0 radical (unpaired) electrons. The van der Waals surface area contributed by atoms with E-state index in [1.165, 1.54) is 18.2 Å². The van der Waals surface area contributed by atoms with Gasteiger partial charge in [0.05, 0.1) is 22.7 Å². The van der Waals surface area contributed by atoms with Crippen molar-refractivity contribution in [1.82, 2.24) is 0 Å². The van der Waals surface area contributed by atoms with Crippen LogP contribution in [0.2, 0.25) is 0 Å². The molecule has 2 rings (SSSR count). The highest BCUT2D eigenvalue weighted by Gasteiger charge is 2.26. The van der Waals surface area contributed by atoms with Gasteiger partial charge in [0, 0.05) is 6.54 Å². The van der Waals surface area contributed by atoms with Crippen LogP contribution >= 0.6 is 0 Å². The summed E-state index contributed by atoms with van der Waals surface area (Å²) in [7, 11) is -3.82. The smallest absolute Gasteiger partial charge is 0.414 e. The summed E-state index contributed by atoms with van der Waals surface area (Å²) in [5.41, 5.74) is 0.934. The number of carboxylic acids is 1. The molecule has 2 aromatic rings. The second-order valence-electron chi connectivity index (χ2n) is 6.87. The second-order valence-corrected chi connectivity index (χ2v) is 8.71. The highest BCUT2D eigenvalue weighted by molar-refractivity contribution is 7.92. The molecule has 0 bridgehead atoms. The molecule has 0 heterocycles. The van der Waals surface area contributed by atoms with Crippen LogP contribution in [0.5, 0.6) is 0 Å². The van der Waals surface area contributed by atoms with Gasteiger partial charge >= 0.3 is 12.1 Å². The molecule has 8 nitrogen and oxygen atoms in total. The Morgan fingerprint density at radius 3 is 2.48 bits per heavy atom. The topological polar surface area (TPSA) is 113 Å². The summed E-state index contributed by atoms with van der Waals surface area (Å²) in [6.07, 6.45) is 1.02. The van der Waals surface area contributed by atoms with Crippen molar-refractivity contribution in [3.63, 3.8) is 0 Å². The number of hydrogen-bond acceptors (Lipinski definition) is 5. The molecule has 0 aliphatic heterocycles. The standard InChI is InChI=1S/C22H26N2O6S/c1-4-11-24(22(27)30-15-17-9-7-6-8-10-17)19-14-16(3)13-18(21(25)26)20(19)23-31(28,29)12-5-2/h4,6-10,13-14,23H,1,5,11-12,15H2,2-3H3,(H,25,26). The Kier molecular flexibility index (Phi) is 8.21. The van der Waals surface area contributed by atoms with E-state index in [9.17, 15) is 23.1 Å². The third-order valence-corrected chi connectivity index (χ3v) is 5.71. The average Bonchev–Trinajstić information content (AvgIpc) is 2.71. The first-order chi connectivity index (χ1) is 14.7. The van der Waals surface area contributed by atoms with Crippen molar-refractivity contribution in [1.29, 1.82) is 0 Å². The summed E-state index contributed by atoms with van der Waals surface area (Å²) >= 11 is 0. The summed E-state index contributed by atoms with van der Waals surface area (Å²) in [4.78, 5) is 25.9. The zero-order valence-corrected chi connectivity index (χ0v) is 18.3. The molecule has 0 unspecified atom stereocenters. The number of aromatic carboxylic acids is 1. The van der Waals surface area contributed by atoms with E-state index < -0.39 is 22.1 Å². The molecule has 0 aliphatic rings. The maximum atomic E-state index is 12.9. The molecule has 0 saturated heterocycles. The van der Waals surface area contributed by atoms with Gasteiger partial charge in [-0.15, -0.1) is 6.58 Å². The lowest BCUT2D eigenvalue weighted by Gasteiger charge is -2.25. The normalized spacial score (nSPS) is 10.9. The van der Waals surface area contributed by atoms with Crippen molar-refractivity contribution in [2.24, 2.45) is 0 Å². The van der Waals surface area contributed by atoms with E-state index in [4.69, 9.17) is 4.74 Å². The Bertz CT molecular complexity index is 1050. The third kappa shape index (κ3) is 6.58. The summed E-state index contributed by atoms with van der Waals surface area (Å²) < 4.78 is 32.6. The fourth-order valence-electron chi connectivity index (χ4n) is 2.93. The lowest BCUT2D eigenvalue weighted by atomic mass is 10.1. The molecular weight excluding hydrogens is 420 g/mol. The molecule has 1 amide bonds. The lowest BCUT2D eigenvalue weighted by molar-refractivity contribution is 0.0697. The number of anilines is 2. The van der Waals surface area contributed by atoms with Gasteiger partial charge in [-0.05, 0) is 36.6 Å². The Labute approximate surface area is 182 Å². The molecule has 9 heteroatoms. The molecular formula is C22H26N2O6S. The Morgan fingerprint density at radius 1 is 1.23 bits per heavy atom. The maximum Gasteiger partial charge on any atom is 0.414 e. The zero-order valence-electron chi connectivity index (χ0n) is 17.5. The predicted molar refractivity (Wildman–Crippen MR) is 120 cm³/mol. The number of sulfonamides is 1. The molecule has 2 aromatic carbocycles. The van der Waals surface area contributed by atoms with Gasteiger partial charge in [-0.25, -0.2) is 18.0 Å². The number of benzene rings is 2. The van der Waals surface area contributed by atoms with Crippen LogP contribution in [0.3, 0.4) is 0 Å². The van der Waals surface area contributed by atoms with Gasteiger partial charge in [-0.1, -0.05) is 43.3 Å². The fourth-order valence-corrected chi connectivity index (χ4v) is 4.09. The maximum absolute atomic E-state index is 12.9. The van der Waals surface area contributed by atoms with Crippen molar-refractivity contribution in [3.05, 3.63) is 71.8 Å². The summed E-state index contributed by atoms with van der Waals surface area (Å²) in [5, 5.41) is 9.65. The number of nitrogens with one attached hydrogen (secondary N) is 1. The van der Waals surface area contributed by atoms with Crippen molar-refractivity contribution in [2.45, 2.75) is 26.9 Å². The minimum atomic E-state index is -3.82. The number of rotatable bonds is 10. The number of carbonyl (C=O) groups is 2. The van der Waals surface area contributed by atoms with E-state index in [2.05, 4.69) is 11.3 Å². The fraction of sp³-hybridized carbons (Fsp3) is 0.273. The van der Waals surface area contributed by atoms with Crippen molar-refractivity contribution >= 4 is 33.5 Å². The minimum Gasteiger partial charge on any atom is -0.478 e. The predicted octanol–water partition coefficient (Wildman–Crippen LogP) is 4.17. The molecule has 0 spiro atoms. The minimum absolute atomic E-state index is 0.00180. The molecule has 166 valence electrons. The van der Waals surface area contributed by atoms with Crippen LogP contribution < -0.4 is 9.62 Å². The summed E-state index contributed by atoms with van der Waals surface area (Å²) in [6.45, 7) is 6.97. The summed E-state index contributed by atoms with van der Waals surface area (Å²) in [6, 6.07) is 11.9. The first-order valence-corrected chi connectivity index (χ1v) is 11.3. The molecule has 0 fully saturated rings. The van der Waals surface area contributed by atoms with E-state index in [0.717, 1.165) is 10.5 Å². The number of carboxylic acid groups (broad SMARTS) is 1. The third-order valence-electron chi connectivity index (χ3n) is 4.25. The van der Waals surface area contributed by atoms with Crippen LogP contribution in [0.1, 0.15) is 34.8 Å². The van der Waals surface area contributed by atoms with Gasteiger partial charge in [0.2, 0.25) is 10.0 Å². The quantitative estimate of drug-likeness (QED) is 0.530. The lowest BCUT2D eigenvalue weighted by Crippen LogP contribution is -2.33. The molecule has 0 aliphatic carbocycles. The van der Waals surface area contributed by atoms with Crippen LogP contribution in [0.4, 0.5) is 16.2 Å². The van der Waals surface area contributed by atoms with E-state index in [-0.39, 0.29) is 35.8 Å². The SMILES string of the molecule is C=CCN(C(=O)OCc1ccccc1)c1cc(C)cc(C(=O)O)c1NS(=O)(=O)CCC. The Morgan fingerprint density at radius 2 is 1.90 bits per heavy atom. The van der Waals surface area contributed by atoms with Crippen LogP contribution in [-0.2, 0) is 21.4 Å². The van der Waals surface area contributed by atoms with Crippen LogP contribution in [0.25, 0.3) is 0 Å². The number of aryl methyl sites for hydroxylation is 1. The van der Waals surface area contributed by atoms with Gasteiger partial charge in [0.25, 0.3) is 0 Å². The Hall–Kier alpha value is -3.33. The second kappa shape index (κ2) is 10.6. The van der Waals surface area contributed by atoms with E-state index in [0.29, 0.717) is 12.0 Å². The van der Waals surface area contributed by atoms with Crippen molar-refractivity contribution in [3.8, 4) is 0 Å². The summed E-state index contributed by atoms with van der Waals surface area (Å²) in [5.74, 6) is -1.52. The monoisotopic (exact) mass is 446 g/mol. The highest BCUT2D eigenvalue weighted by Crippen LogP contribution is 2.33. The number of hydrogen-bond donors (Lipinski definition) is 2.